The Morgan fingerprint density at radius 2 is 1.68 bits per heavy atom. The second-order valence-electron chi connectivity index (χ2n) is 5.51. The maximum absolute atomic E-state index is 12.4. The lowest BCUT2D eigenvalue weighted by Crippen LogP contribution is -2.43. The minimum Gasteiger partial charge on any atom is -0.425 e. The highest BCUT2D eigenvalue weighted by molar-refractivity contribution is 6.45. The molecule has 0 fully saturated rings. The zero-order valence-corrected chi connectivity index (χ0v) is 13.5. The van der Waals surface area contributed by atoms with Gasteiger partial charge in [-0.1, -0.05) is 36.4 Å². The molecule has 2 aromatic carbocycles. The lowest BCUT2D eigenvalue weighted by molar-refractivity contribution is -0.138. The van der Waals surface area contributed by atoms with Gasteiger partial charge >= 0.3 is 5.97 Å². The van der Waals surface area contributed by atoms with Gasteiger partial charge in [0.1, 0.15) is 11.8 Å². The van der Waals surface area contributed by atoms with Gasteiger partial charge in [-0.2, -0.15) is 0 Å². The van der Waals surface area contributed by atoms with Gasteiger partial charge in [0.2, 0.25) is 0 Å². The van der Waals surface area contributed by atoms with Crippen LogP contribution in [-0.4, -0.2) is 28.7 Å². The van der Waals surface area contributed by atoms with Crippen molar-refractivity contribution in [3.05, 3.63) is 66.4 Å². The number of ether oxygens (including phenoxy) is 1. The van der Waals surface area contributed by atoms with Crippen molar-refractivity contribution in [1.29, 1.82) is 0 Å². The molecule has 3 rings (SSSR count). The molecular weight excluding hydrogens is 320 g/mol. The van der Waals surface area contributed by atoms with Gasteiger partial charge in [0.05, 0.1) is 5.56 Å². The van der Waals surface area contributed by atoms with Crippen LogP contribution >= 0.6 is 0 Å². The Morgan fingerprint density at radius 1 is 1.00 bits per heavy atom. The molecule has 0 spiro atoms. The molecule has 25 heavy (non-hydrogen) atoms. The monoisotopic (exact) mass is 336 g/mol. The zero-order valence-electron chi connectivity index (χ0n) is 13.5. The third kappa shape index (κ3) is 3.58. The summed E-state index contributed by atoms with van der Waals surface area (Å²) in [6.45, 7) is 1.46. The third-order valence-corrected chi connectivity index (χ3v) is 3.70. The summed E-state index contributed by atoms with van der Waals surface area (Å²) in [4.78, 5) is 39.5. The van der Waals surface area contributed by atoms with Crippen LogP contribution in [0.3, 0.4) is 0 Å². The van der Waals surface area contributed by atoms with E-state index in [0.717, 1.165) is 5.52 Å². The van der Waals surface area contributed by atoms with E-state index in [9.17, 15) is 14.4 Å². The first-order valence-electron chi connectivity index (χ1n) is 7.74. The second-order valence-corrected chi connectivity index (χ2v) is 5.51. The number of hydrogen-bond donors (Lipinski definition) is 2. The maximum atomic E-state index is 12.4. The summed E-state index contributed by atoms with van der Waals surface area (Å²) in [5.74, 6) is -1.85. The fraction of sp³-hybridized carbons (Fsp3) is 0.105. The van der Waals surface area contributed by atoms with E-state index in [1.54, 1.807) is 42.5 Å². The van der Waals surface area contributed by atoms with Crippen LogP contribution in [0.4, 0.5) is 0 Å². The van der Waals surface area contributed by atoms with Crippen molar-refractivity contribution in [2.75, 3.05) is 0 Å². The largest absolute Gasteiger partial charge is 0.425 e. The molecular formula is C19H16N2O4. The van der Waals surface area contributed by atoms with Crippen molar-refractivity contribution in [2.45, 2.75) is 13.0 Å². The van der Waals surface area contributed by atoms with E-state index in [2.05, 4.69) is 10.3 Å². The number of nitrogens with one attached hydrogen (secondary N) is 2. The fourth-order valence-corrected chi connectivity index (χ4v) is 2.40. The van der Waals surface area contributed by atoms with E-state index in [-0.39, 0.29) is 5.56 Å². The number of rotatable bonds is 5. The Labute approximate surface area is 143 Å². The van der Waals surface area contributed by atoms with E-state index in [1.165, 1.54) is 13.1 Å². The van der Waals surface area contributed by atoms with Crippen LogP contribution in [0.25, 0.3) is 10.9 Å². The maximum Gasteiger partial charge on any atom is 0.333 e. The van der Waals surface area contributed by atoms with Crippen LogP contribution in [0.1, 0.15) is 17.3 Å². The molecule has 0 bridgehead atoms. The molecule has 3 aromatic rings. The minimum absolute atomic E-state index is 0.261. The predicted molar refractivity (Wildman–Crippen MR) is 92.3 cm³/mol. The Hall–Kier alpha value is -3.41. The molecule has 1 atom stereocenters. The van der Waals surface area contributed by atoms with Gasteiger partial charge in [0.25, 0.3) is 11.7 Å². The standard InChI is InChI=1S/C19H16N2O4/c1-12(19(24)25-13-7-3-2-4-8-13)21-18(23)17(22)15-11-20-16-10-6-5-9-14(15)16/h2-12,20H,1H3,(H,21,23)/t12-/m0/s1. The van der Waals surface area contributed by atoms with Gasteiger partial charge in [-0.05, 0) is 25.1 Å². The van der Waals surface area contributed by atoms with Crippen molar-refractivity contribution in [3.8, 4) is 5.75 Å². The molecule has 1 amide bonds. The molecule has 6 nitrogen and oxygen atoms in total. The summed E-state index contributed by atoms with van der Waals surface area (Å²) in [7, 11) is 0. The molecule has 0 aliphatic rings. The van der Waals surface area contributed by atoms with Crippen LogP contribution in [0.5, 0.6) is 5.75 Å². The van der Waals surface area contributed by atoms with Crippen LogP contribution in [0.15, 0.2) is 60.8 Å². The number of benzene rings is 2. The molecule has 1 aromatic heterocycles. The molecule has 6 heteroatoms. The Kier molecular flexibility index (Phi) is 4.61. The van der Waals surface area contributed by atoms with Crippen LogP contribution in [0.2, 0.25) is 0 Å². The van der Waals surface area contributed by atoms with Gasteiger partial charge in [-0.15, -0.1) is 0 Å². The molecule has 0 radical (unpaired) electrons. The molecule has 2 N–H and O–H groups in total. The average molecular weight is 336 g/mol. The number of Topliss-reactive ketones (excluding diaryl/α,β-unsaturated/α-hetero) is 1. The summed E-state index contributed by atoms with van der Waals surface area (Å²) in [5.41, 5.74) is 1.02. The van der Waals surface area contributed by atoms with Crippen molar-refractivity contribution in [2.24, 2.45) is 0 Å². The smallest absolute Gasteiger partial charge is 0.333 e. The van der Waals surface area contributed by atoms with E-state index in [4.69, 9.17) is 4.74 Å². The number of aromatic nitrogens is 1. The van der Waals surface area contributed by atoms with E-state index < -0.39 is 23.7 Å². The molecule has 1 heterocycles. The topological polar surface area (TPSA) is 88.3 Å². The number of para-hydroxylation sites is 2. The molecule has 0 unspecified atom stereocenters. The number of hydrogen-bond acceptors (Lipinski definition) is 4. The lowest BCUT2D eigenvalue weighted by Gasteiger charge is -2.12. The molecule has 0 aliphatic carbocycles. The molecule has 126 valence electrons. The molecule has 0 saturated heterocycles. The summed E-state index contributed by atoms with van der Waals surface area (Å²) in [6, 6.07) is 14.7. The van der Waals surface area contributed by atoms with E-state index in [1.807, 2.05) is 12.1 Å². The van der Waals surface area contributed by atoms with Gasteiger partial charge in [-0.3, -0.25) is 9.59 Å². The Morgan fingerprint density at radius 3 is 2.44 bits per heavy atom. The summed E-state index contributed by atoms with van der Waals surface area (Å²) >= 11 is 0. The Balaban J connectivity index is 1.67. The summed E-state index contributed by atoms with van der Waals surface area (Å²) in [5, 5.41) is 3.03. The minimum atomic E-state index is -0.957. The van der Waals surface area contributed by atoms with Gasteiger partial charge < -0.3 is 15.0 Å². The highest BCUT2D eigenvalue weighted by Crippen LogP contribution is 2.18. The van der Waals surface area contributed by atoms with Crippen molar-refractivity contribution < 1.29 is 19.1 Å². The van der Waals surface area contributed by atoms with Gasteiger partial charge in [0, 0.05) is 17.1 Å². The van der Waals surface area contributed by atoms with Crippen LogP contribution in [-0.2, 0) is 9.59 Å². The highest BCUT2D eigenvalue weighted by atomic mass is 16.5. The van der Waals surface area contributed by atoms with E-state index >= 15 is 0 Å². The highest BCUT2D eigenvalue weighted by Gasteiger charge is 2.24. The van der Waals surface area contributed by atoms with Gasteiger partial charge in [-0.25, -0.2) is 4.79 Å². The number of esters is 1. The quantitative estimate of drug-likeness (QED) is 0.324. The van der Waals surface area contributed by atoms with Crippen LogP contribution < -0.4 is 10.1 Å². The number of H-pyrrole nitrogens is 1. The first kappa shape index (κ1) is 16.4. The SMILES string of the molecule is C[C@H](NC(=O)C(=O)c1c[nH]c2ccccc12)C(=O)Oc1ccccc1. The normalized spacial score (nSPS) is 11.7. The average Bonchev–Trinajstić information content (AvgIpc) is 3.05. The van der Waals surface area contributed by atoms with E-state index in [0.29, 0.717) is 11.1 Å². The molecule has 0 saturated carbocycles. The van der Waals surface area contributed by atoms with Crippen molar-refractivity contribution >= 4 is 28.6 Å². The third-order valence-electron chi connectivity index (χ3n) is 3.70. The summed E-state index contributed by atoms with van der Waals surface area (Å²) < 4.78 is 5.15. The number of ketones is 1. The fourth-order valence-electron chi connectivity index (χ4n) is 2.40. The second kappa shape index (κ2) is 7.00. The number of fused-ring (bicyclic) bond motifs is 1. The molecule has 0 aliphatic heterocycles. The predicted octanol–water partition coefficient (Wildman–Crippen LogP) is 2.46. The number of aromatic amines is 1. The van der Waals surface area contributed by atoms with Gasteiger partial charge in [0.15, 0.2) is 0 Å². The first-order valence-corrected chi connectivity index (χ1v) is 7.74. The van der Waals surface area contributed by atoms with Crippen molar-refractivity contribution in [1.82, 2.24) is 10.3 Å². The zero-order chi connectivity index (χ0) is 17.8. The van der Waals surface area contributed by atoms with Crippen LogP contribution in [0, 0.1) is 0 Å². The summed E-state index contributed by atoms with van der Waals surface area (Å²) in [6.07, 6.45) is 1.49. The number of carbonyl (C=O) groups is 3. The van der Waals surface area contributed by atoms with Crippen molar-refractivity contribution in [3.63, 3.8) is 0 Å². The Bertz CT molecular complexity index is 931. The number of amides is 1. The lowest BCUT2D eigenvalue weighted by atomic mass is 10.1. The number of carbonyl (C=O) groups excluding carboxylic acids is 3. The first-order chi connectivity index (χ1) is 12.1.